The summed E-state index contributed by atoms with van der Waals surface area (Å²) in [6.45, 7) is 0.486. The number of hydrogen-bond acceptors (Lipinski definition) is 4. The van der Waals surface area contributed by atoms with Crippen LogP contribution in [0.5, 0.6) is 0 Å². The van der Waals surface area contributed by atoms with E-state index in [0.29, 0.717) is 18.1 Å². The zero-order valence-corrected chi connectivity index (χ0v) is 17.3. The number of benzene rings is 3. The maximum atomic E-state index is 12.7. The first kappa shape index (κ1) is 22.1. The lowest BCUT2D eigenvalue weighted by atomic mass is 10.1. The van der Waals surface area contributed by atoms with E-state index >= 15 is 0 Å². The number of aromatic nitrogens is 3. The van der Waals surface area contributed by atoms with Gasteiger partial charge in [-0.1, -0.05) is 54.6 Å². The molecule has 0 aliphatic heterocycles. The van der Waals surface area contributed by atoms with Gasteiger partial charge in [-0.15, -0.1) is 5.10 Å². The van der Waals surface area contributed by atoms with E-state index in [1.807, 2.05) is 42.5 Å². The largest absolute Gasteiger partial charge is 0.445 e. The van der Waals surface area contributed by atoms with E-state index < -0.39 is 17.8 Å². The summed E-state index contributed by atoms with van der Waals surface area (Å²) in [7, 11) is 0. The highest BCUT2D eigenvalue weighted by atomic mass is 19.4. The van der Waals surface area contributed by atoms with Gasteiger partial charge in [0.2, 0.25) is 0 Å². The molecule has 3 aromatic carbocycles. The first-order chi connectivity index (χ1) is 15.9. The van der Waals surface area contributed by atoms with Crippen LogP contribution in [0.25, 0.3) is 17.1 Å². The molecule has 1 heterocycles. The number of alkyl carbamates (subject to hydrolysis) is 1. The quantitative estimate of drug-likeness (QED) is 0.427. The normalized spacial score (nSPS) is 11.2. The van der Waals surface area contributed by atoms with Crippen LogP contribution in [0.15, 0.2) is 85.2 Å². The van der Waals surface area contributed by atoms with E-state index in [1.54, 1.807) is 12.1 Å². The molecule has 1 amide bonds. The number of carbonyl (C=O) groups excluding carboxylic acids is 1. The molecule has 0 bridgehead atoms. The minimum absolute atomic E-state index is 0.193. The standard InChI is InChI=1S/C24H19F3N4O2/c25-24(26,27)20-10-12-21(13-11-20)31-16-29-22(30-31)19-8-6-17(7-9-19)14-28-23(32)33-15-18-4-2-1-3-5-18/h1-13,16H,14-15H2,(H,28,32). The zero-order valence-electron chi connectivity index (χ0n) is 17.3. The fourth-order valence-corrected chi connectivity index (χ4v) is 3.04. The molecule has 0 aliphatic carbocycles. The van der Waals surface area contributed by atoms with Crippen molar-refractivity contribution >= 4 is 6.09 Å². The van der Waals surface area contributed by atoms with E-state index in [4.69, 9.17) is 4.74 Å². The van der Waals surface area contributed by atoms with Gasteiger partial charge in [-0.2, -0.15) is 13.2 Å². The third-order valence-electron chi connectivity index (χ3n) is 4.81. The molecule has 4 rings (SSSR count). The third-order valence-corrected chi connectivity index (χ3v) is 4.81. The van der Waals surface area contributed by atoms with Crippen molar-refractivity contribution in [1.82, 2.24) is 20.1 Å². The minimum Gasteiger partial charge on any atom is -0.445 e. The van der Waals surface area contributed by atoms with Crippen LogP contribution >= 0.6 is 0 Å². The minimum atomic E-state index is -4.39. The van der Waals surface area contributed by atoms with Crippen molar-refractivity contribution in [2.75, 3.05) is 0 Å². The summed E-state index contributed by atoms with van der Waals surface area (Å²) in [6.07, 6.45) is -3.46. The summed E-state index contributed by atoms with van der Waals surface area (Å²) in [4.78, 5) is 16.1. The van der Waals surface area contributed by atoms with Crippen molar-refractivity contribution in [1.29, 1.82) is 0 Å². The lowest BCUT2D eigenvalue weighted by Crippen LogP contribution is -2.23. The van der Waals surface area contributed by atoms with E-state index in [1.165, 1.54) is 23.1 Å². The molecule has 0 aliphatic rings. The van der Waals surface area contributed by atoms with Crippen LogP contribution in [0.2, 0.25) is 0 Å². The summed E-state index contributed by atoms with van der Waals surface area (Å²) in [5.74, 6) is 0.427. The molecule has 168 valence electrons. The van der Waals surface area contributed by atoms with Gasteiger partial charge in [0.25, 0.3) is 0 Å². The maximum Gasteiger partial charge on any atom is 0.416 e. The molecule has 33 heavy (non-hydrogen) atoms. The highest BCUT2D eigenvalue weighted by Crippen LogP contribution is 2.29. The monoisotopic (exact) mass is 452 g/mol. The molecule has 0 radical (unpaired) electrons. The van der Waals surface area contributed by atoms with Crippen LogP contribution in [0, 0.1) is 0 Å². The van der Waals surface area contributed by atoms with Crippen molar-refractivity contribution in [3.8, 4) is 17.1 Å². The lowest BCUT2D eigenvalue weighted by molar-refractivity contribution is -0.137. The Morgan fingerprint density at radius 3 is 2.27 bits per heavy atom. The fraction of sp³-hybridized carbons (Fsp3) is 0.125. The first-order valence-electron chi connectivity index (χ1n) is 10.0. The van der Waals surface area contributed by atoms with Gasteiger partial charge in [0.15, 0.2) is 5.82 Å². The summed E-state index contributed by atoms with van der Waals surface area (Å²) in [6, 6.07) is 21.3. The predicted molar refractivity (Wildman–Crippen MR) is 115 cm³/mol. The number of halogens is 3. The zero-order chi connectivity index (χ0) is 23.3. The fourth-order valence-electron chi connectivity index (χ4n) is 3.04. The Morgan fingerprint density at radius 2 is 1.61 bits per heavy atom. The Kier molecular flexibility index (Phi) is 6.39. The molecule has 6 nitrogen and oxygen atoms in total. The van der Waals surface area contributed by atoms with Crippen LogP contribution in [-0.4, -0.2) is 20.9 Å². The smallest absolute Gasteiger partial charge is 0.416 e. The highest BCUT2D eigenvalue weighted by molar-refractivity contribution is 5.67. The average Bonchev–Trinajstić information content (AvgIpc) is 3.32. The molecule has 0 saturated carbocycles. The van der Waals surface area contributed by atoms with Crippen molar-refractivity contribution in [2.24, 2.45) is 0 Å². The van der Waals surface area contributed by atoms with Gasteiger partial charge in [0.1, 0.15) is 12.9 Å². The van der Waals surface area contributed by atoms with Crippen molar-refractivity contribution in [3.05, 3.63) is 102 Å². The average molecular weight is 452 g/mol. The third kappa shape index (κ3) is 5.76. The number of ether oxygens (including phenoxy) is 1. The number of alkyl halides is 3. The summed E-state index contributed by atoms with van der Waals surface area (Å²) in [5.41, 5.74) is 2.24. The van der Waals surface area contributed by atoms with Gasteiger partial charge in [-0.05, 0) is 35.4 Å². The molecule has 0 atom stereocenters. The lowest BCUT2D eigenvalue weighted by Gasteiger charge is -2.08. The second-order valence-corrected chi connectivity index (χ2v) is 7.17. The molecule has 0 fully saturated rings. The molecule has 1 aromatic heterocycles. The van der Waals surface area contributed by atoms with Crippen LogP contribution in [0.3, 0.4) is 0 Å². The summed E-state index contributed by atoms with van der Waals surface area (Å²) in [5, 5.41) is 7.03. The first-order valence-corrected chi connectivity index (χ1v) is 10.0. The number of rotatable bonds is 6. The van der Waals surface area contributed by atoms with Crippen LogP contribution < -0.4 is 5.32 Å². The van der Waals surface area contributed by atoms with Crippen LogP contribution in [0.4, 0.5) is 18.0 Å². The van der Waals surface area contributed by atoms with E-state index in [-0.39, 0.29) is 6.61 Å². The number of carbonyl (C=O) groups is 1. The van der Waals surface area contributed by atoms with Gasteiger partial charge >= 0.3 is 12.3 Å². The van der Waals surface area contributed by atoms with Crippen LogP contribution in [0.1, 0.15) is 16.7 Å². The molecule has 0 spiro atoms. The Bertz CT molecular complexity index is 1210. The molecule has 4 aromatic rings. The Hall–Kier alpha value is -4.14. The highest BCUT2D eigenvalue weighted by Gasteiger charge is 2.30. The van der Waals surface area contributed by atoms with Gasteiger partial charge in [-0.25, -0.2) is 14.5 Å². The van der Waals surface area contributed by atoms with E-state index in [9.17, 15) is 18.0 Å². The van der Waals surface area contributed by atoms with Gasteiger partial charge in [-0.3, -0.25) is 0 Å². The summed E-state index contributed by atoms with van der Waals surface area (Å²) < 4.78 is 44.8. The number of nitrogens with one attached hydrogen (secondary N) is 1. The number of amides is 1. The molecule has 9 heteroatoms. The SMILES string of the molecule is O=C(NCc1ccc(-c2ncn(-c3ccc(C(F)(F)F)cc3)n2)cc1)OCc1ccccc1. The molecule has 0 saturated heterocycles. The Morgan fingerprint density at radius 1 is 0.909 bits per heavy atom. The molecule has 0 unspecified atom stereocenters. The Labute approximate surface area is 187 Å². The number of hydrogen-bond donors (Lipinski definition) is 1. The van der Waals surface area contributed by atoms with Crippen LogP contribution in [-0.2, 0) is 24.1 Å². The second kappa shape index (κ2) is 9.56. The van der Waals surface area contributed by atoms with Crippen molar-refractivity contribution < 1.29 is 22.7 Å². The van der Waals surface area contributed by atoms with E-state index in [0.717, 1.165) is 28.8 Å². The second-order valence-electron chi connectivity index (χ2n) is 7.17. The van der Waals surface area contributed by atoms with E-state index in [2.05, 4.69) is 15.4 Å². The van der Waals surface area contributed by atoms with Crippen molar-refractivity contribution in [2.45, 2.75) is 19.3 Å². The molecular weight excluding hydrogens is 433 g/mol. The molecule has 1 N–H and O–H groups in total. The van der Waals surface area contributed by atoms with Gasteiger partial charge < -0.3 is 10.1 Å². The summed E-state index contributed by atoms with van der Waals surface area (Å²) >= 11 is 0. The van der Waals surface area contributed by atoms with Gasteiger partial charge in [0.05, 0.1) is 11.3 Å². The van der Waals surface area contributed by atoms with Gasteiger partial charge in [0, 0.05) is 12.1 Å². The Balaban J connectivity index is 1.33. The molecular formula is C24H19F3N4O2. The predicted octanol–water partition coefficient (Wildman–Crippen LogP) is 5.38. The van der Waals surface area contributed by atoms with Crippen molar-refractivity contribution in [3.63, 3.8) is 0 Å². The topological polar surface area (TPSA) is 69.0 Å². The number of nitrogens with zero attached hydrogens (tertiary/aromatic N) is 3. The maximum absolute atomic E-state index is 12.7.